The van der Waals surface area contributed by atoms with Crippen molar-refractivity contribution in [2.45, 2.75) is 26.3 Å². The maximum Gasteiger partial charge on any atom is 0.137 e. The topological polar surface area (TPSA) is 26.0 Å². The predicted octanol–water partition coefficient (Wildman–Crippen LogP) is 4.06. The second-order valence-electron chi connectivity index (χ2n) is 3.88. The van der Waals surface area contributed by atoms with Crippen LogP contribution in [0.5, 0.6) is 0 Å². The molecule has 0 aliphatic heterocycles. The third-order valence-corrected chi connectivity index (χ3v) is 2.94. The summed E-state index contributed by atoms with van der Waals surface area (Å²) in [6.45, 7) is 4.21. The van der Waals surface area contributed by atoms with Crippen LogP contribution in [0.2, 0.25) is 0 Å². The summed E-state index contributed by atoms with van der Waals surface area (Å²) in [5, 5.41) is 0. The fraction of sp³-hybridized carbons (Fsp3) is 0.455. The molecular formula is C11H16BrClFN. The first-order valence-corrected chi connectivity index (χ1v) is 5.51. The number of rotatable bonds is 3. The molecule has 0 aromatic heterocycles. The summed E-state index contributed by atoms with van der Waals surface area (Å²) < 4.78 is 13.7. The highest BCUT2D eigenvalue weighted by atomic mass is 79.9. The summed E-state index contributed by atoms with van der Waals surface area (Å²) in [6.07, 6.45) is 0.863. The first-order chi connectivity index (χ1) is 6.52. The Labute approximate surface area is 105 Å². The van der Waals surface area contributed by atoms with Gasteiger partial charge in [-0.3, -0.25) is 0 Å². The predicted molar refractivity (Wildman–Crippen MR) is 67.7 cm³/mol. The van der Waals surface area contributed by atoms with E-state index in [0.717, 1.165) is 12.0 Å². The fourth-order valence-electron chi connectivity index (χ4n) is 1.44. The molecule has 0 saturated carbocycles. The monoisotopic (exact) mass is 295 g/mol. The van der Waals surface area contributed by atoms with Gasteiger partial charge in [-0.1, -0.05) is 26.0 Å². The Kier molecular flexibility index (Phi) is 6.41. The van der Waals surface area contributed by atoms with Gasteiger partial charge >= 0.3 is 0 Å². The van der Waals surface area contributed by atoms with Crippen molar-refractivity contribution >= 4 is 28.3 Å². The van der Waals surface area contributed by atoms with Gasteiger partial charge in [-0.15, -0.1) is 12.4 Å². The zero-order valence-electron chi connectivity index (χ0n) is 8.84. The molecule has 1 nitrogen and oxygen atoms in total. The van der Waals surface area contributed by atoms with Crippen molar-refractivity contribution in [2.75, 3.05) is 0 Å². The average Bonchev–Trinajstić information content (AvgIpc) is 2.08. The minimum Gasteiger partial charge on any atom is -0.324 e. The number of hydrogen-bond acceptors (Lipinski definition) is 1. The molecule has 1 aromatic rings. The largest absolute Gasteiger partial charge is 0.324 e. The van der Waals surface area contributed by atoms with Gasteiger partial charge in [0, 0.05) is 6.04 Å². The lowest BCUT2D eigenvalue weighted by molar-refractivity contribution is 0.505. The van der Waals surface area contributed by atoms with Crippen molar-refractivity contribution in [3.63, 3.8) is 0 Å². The van der Waals surface area contributed by atoms with Gasteiger partial charge in [0.05, 0.1) is 4.47 Å². The van der Waals surface area contributed by atoms with Crippen molar-refractivity contribution in [1.82, 2.24) is 0 Å². The quantitative estimate of drug-likeness (QED) is 0.894. The third kappa shape index (κ3) is 4.09. The van der Waals surface area contributed by atoms with E-state index in [4.69, 9.17) is 5.73 Å². The molecule has 0 aliphatic rings. The summed E-state index contributed by atoms with van der Waals surface area (Å²) in [5.74, 6) is 0.266. The zero-order valence-corrected chi connectivity index (χ0v) is 11.2. The van der Waals surface area contributed by atoms with Gasteiger partial charge in [-0.2, -0.15) is 0 Å². The summed E-state index contributed by atoms with van der Waals surface area (Å²) in [7, 11) is 0. The van der Waals surface area contributed by atoms with Gasteiger partial charge in [-0.25, -0.2) is 4.39 Å². The van der Waals surface area contributed by atoms with Gasteiger partial charge in [-0.05, 0) is 39.9 Å². The highest BCUT2D eigenvalue weighted by molar-refractivity contribution is 9.10. The number of hydrogen-bond donors (Lipinski definition) is 1. The Bertz CT molecular complexity index is 317. The highest BCUT2D eigenvalue weighted by Gasteiger charge is 2.13. The summed E-state index contributed by atoms with van der Waals surface area (Å²) in [4.78, 5) is 0. The minimum atomic E-state index is -0.248. The SMILES string of the molecule is CC(C)C[C@H](N)c1cccc(F)c1Br.Cl. The van der Waals surface area contributed by atoms with Gasteiger partial charge in [0.25, 0.3) is 0 Å². The summed E-state index contributed by atoms with van der Waals surface area (Å²) in [5.41, 5.74) is 6.82. The molecule has 1 atom stereocenters. The molecule has 15 heavy (non-hydrogen) atoms. The molecule has 2 N–H and O–H groups in total. The molecule has 0 unspecified atom stereocenters. The van der Waals surface area contributed by atoms with Crippen LogP contribution in [0.4, 0.5) is 4.39 Å². The van der Waals surface area contributed by atoms with E-state index in [1.807, 2.05) is 6.07 Å². The molecule has 0 fully saturated rings. The van der Waals surface area contributed by atoms with Crippen molar-refractivity contribution in [3.8, 4) is 0 Å². The number of benzene rings is 1. The van der Waals surface area contributed by atoms with Gasteiger partial charge in [0.1, 0.15) is 5.82 Å². The average molecular weight is 297 g/mol. The second kappa shape index (κ2) is 6.46. The molecule has 0 aliphatic carbocycles. The number of nitrogens with two attached hydrogens (primary N) is 1. The normalized spacial score (nSPS) is 12.4. The molecule has 1 aromatic carbocycles. The Balaban J connectivity index is 0.00000196. The van der Waals surface area contributed by atoms with Crippen LogP contribution in [-0.4, -0.2) is 0 Å². The van der Waals surface area contributed by atoms with E-state index in [1.165, 1.54) is 6.07 Å². The molecular weight excluding hydrogens is 280 g/mol. The third-order valence-electron chi connectivity index (χ3n) is 2.11. The first-order valence-electron chi connectivity index (χ1n) is 4.72. The van der Waals surface area contributed by atoms with E-state index in [1.54, 1.807) is 6.07 Å². The van der Waals surface area contributed by atoms with E-state index < -0.39 is 0 Å². The van der Waals surface area contributed by atoms with Crippen LogP contribution in [0.15, 0.2) is 22.7 Å². The number of halogens is 3. The van der Waals surface area contributed by atoms with Gasteiger partial charge < -0.3 is 5.73 Å². The van der Waals surface area contributed by atoms with Crippen molar-refractivity contribution in [3.05, 3.63) is 34.1 Å². The zero-order chi connectivity index (χ0) is 10.7. The second-order valence-corrected chi connectivity index (χ2v) is 4.67. The van der Waals surface area contributed by atoms with E-state index >= 15 is 0 Å². The summed E-state index contributed by atoms with van der Waals surface area (Å²) in [6, 6.07) is 4.88. The molecule has 86 valence electrons. The van der Waals surface area contributed by atoms with Crippen LogP contribution in [-0.2, 0) is 0 Å². The van der Waals surface area contributed by atoms with E-state index in [0.29, 0.717) is 10.4 Å². The van der Waals surface area contributed by atoms with Crippen LogP contribution >= 0.6 is 28.3 Å². The lowest BCUT2D eigenvalue weighted by Crippen LogP contribution is -2.13. The maximum absolute atomic E-state index is 13.2. The van der Waals surface area contributed by atoms with Crippen LogP contribution in [0.3, 0.4) is 0 Å². The fourth-order valence-corrected chi connectivity index (χ4v) is 2.00. The molecule has 4 heteroatoms. The Hall–Kier alpha value is -0.120. The lowest BCUT2D eigenvalue weighted by atomic mass is 9.98. The smallest absolute Gasteiger partial charge is 0.137 e. The van der Waals surface area contributed by atoms with Crippen LogP contribution in [0, 0.1) is 11.7 Å². The van der Waals surface area contributed by atoms with E-state index in [9.17, 15) is 4.39 Å². The standard InChI is InChI=1S/C11H15BrFN.ClH/c1-7(2)6-10(14)8-4-3-5-9(13)11(8)12;/h3-5,7,10H,6,14H2,1-2H3;1H/t10-;/m0./s1. The molecule has 1 rings (SSSR count). The molecule has 0 amide bonds. The Morgan fingerprint density at radius 1 is 1.40 bits per heavy atom. The van der Waals surface area contributed by atoms with E-state index in [2.05, 4.69) is 29.8 Å². The minimum absolute atomic E-state index is 0. The van der Waals surface area contributed by atoms with Crippen LogP contribution < -0.4 is 5.73 Å². The Morgan fingerprint density at radius 3 is 2.53 bits per heavy atom. The molecule has 0 bridgehead atoms. The summed E-state index contributed by atoms with van der Waals surface area (Å²) >= 11 is 3.22. The van der Waals surface area contributed by atoms with Crippen molar-refractivity contribution in [2.24, 2.45) is 11.7 Å². The highest BCUT2D eigenvalue weighted by Crippen LogP contribution is 2.28. The van der Waals surface area contributed by atoms with Crippen LogP contribution in [0.25, 0.3) is 0 Å². The van der Waals surface area contributed by atoms with Gasteiger partial charge in [0.2, 0.25) is 0 Å². The molecule has 0 radical (unpaired) electrons. The lowest BCUT2D eigenvalue weighted by Gasteiger charge is -2.16. The van der Waals surface area contributed by atoms with E-state index in [-0.39, 0.29) is 24.3 Å². The van der Waals surface area contributed by atoms with Crippen molar-refractivity contribution < 1.29 is 4.39 Å². The molecule has 0 saturated heterocycles. The maximum atomic E-state index is 13.2. The van der Waals surface area contributed by atoms with Crippen molar-refractivity contribution in [1.29, 1.82) is 0 Å². The first kappa shape index (κ1) is 14.9. The van der Waals surface area contributed by atoms with Gasteiger partial charge in [0.15, 0.2) is 0 Å². The Morgan fingerprint density at radius 2 is 2.00 bits per heavy atom. The molecule has 0 spiro atoms. The molecule has 0 heterocycles. The van der Waals surface area contributed by atoms with Crippen LogP contribution in [0.1, 0.15) is 31.9 Å².